The van der Waals surface area contributed by atoms with Gasteiger partial charge in [0, 0.05) is 18.7 Å². The number of rotatable bonds is 4. The van der Waals surface area contributed by atoms with E-state index in [1.165, 1.54) is 0 Å². The van der Waals surface area contributed by atoms with Crippen molar-refractivity contribution < 1.29 is 9.53 Å². The first kappa shape index (κ1) is 14.8. The van der Waals surface area contributed by atoms with E-state index in [-0.39, 0.29) is 5.91 Å². The minimum atomic E-state index is -0.231. The van der Waals surface area contributed by atoms with Crippen LogP contribution in [0.1, 0.15) is 10.4 Å². The van der Waals surface area contributed by atoms with E-state index in [0.717, 1.165) is 11.3 Å². The monoisotopic (exact) mass is 307 g/mol. The predicted octanol–water partition coefficient (Wildman–Crippen LogP) is 3.35. The number of ether oxygens (including phenoxy) is 1. The van der Waals surface area contributed by atoms with E-state index in [2.05, 4.69) is 10.4 Å². The number of para-hydroxylation sites is 1. The SMILES string of the molecule is COc1ccccc1C(=O)Nc1cc(-c2ccccc2)nn1C. The van der Waals surface area contributed by atoms with E-state index in [1.54, 1.807) is 37.0 Å². The molecule has 5 heteroatoms. The number of anilines is 1. The van der Waals surface area contributed by atoms with Crippen molar-refractivity contribution in [2.75, 3.05) is 12.4 Å². The summed E-state index contributed by atoms with van der Waals surface area (Å²) in [6, 6.07) is 18.8. The normalized spacial score (nSPS) is 10.3. The molecule has 116 valence electrons. The maximum absolute atomic E-state index is 12.5. The molecule has 0 saturated heterocycles. The Bertz CT molecular complexity index is 825. The first-order chi connectivity index (χ1) is 11.2. The Hall–Kier alpha value is -3.08. The smallest absolute Gasteiger partial charge is 0.260 e. The summed E-state index contributed by atoms with van der Waals surface area (Å²) in [5.74, 6) is 0.931. The number of aryl methyl sites for hydroxylation is 1. The van der Waals surface area contributed by atoms with Gasteiger partial charge in [0.1, 0.15) is 11.6 Å². The van der Waals surface area contributed by atoms with Crippen LogP contribution in [0.4, 0.5) is 5.82 Å². The standard InChI is InChI=1S/C18H17N3O2/c1-21-17(12-15(20-21)13-8-4-3-5-9-13)19-18(22)14-10-6-7-11-16(14)23-2/h3-12H,1-2H3,(H,19,22). The van der Waals surface area contributed by atoms with Crippen LogP contribution in [-0.4, -0.2) is 22.8 Å². The summed E-state index contributed by atoms with van der Waals surface area (Å²) in [5.41, 5.74) is 2.29. The van der Waals surface area contributed by atoms with Crippen LogP contribution in [0.2, 0.25) is 0 Å². The van der Waals surface area contributed by atoms with Gasteiger partial charge in [-0.3, -0.25) is 9.48 Å². The second kappa shape index (κ2) is 6.36. The van der Waals surface area contributed by atoms with Crippen molar-refractivity contribution in [3.8, 4) is 17.0 Å². The second-order valence-electron chi connectivity index (χ2n) is 5.06. The molecule has 0 unspecified atom stereocenters. The van der Waals surface area contributed by atoms with Crippen LogP contribution in [0, 0.1) is 0 Å². The third-order valence-electron chi connectivity index (χ3n) is 3.54. The summed E-state index contributed by atoms with van der Waals surface area (Å²) in [5, 5.41) is 7.31. The summed E-state index contributed by atoms with van der Waals surface area (Å²) in [7, 11) is 3.34. The molecule has 1 aromatic heterocycles. The first-order valence-corrected chi connectivity index (χ1v) is 7.23. The molecular weight excluding hydrogens is 290 g/mol. The molecule has 1 amide bonds. The van der Waals surface area contributed by atoms with E-state index in [9.17, 15) is 4.79 Å². The van der Waals surface area contributed by atoms with Gasteiger partial charge in [-0.15, -0.1) is 0 Å². The summed E-state index contributed by atoms with van der Waals surface area (Å²) >= 11 is 0. The molecule has 0 aliphatic rings. The third kappa shape index (κ3) is 3.08. The molecule has 0 bridgehead atoms. The average molecular weight is 307 g/mol. The number of amides is 1. The van der Waals surface area contributed by atoms with Gasteiger partial charge in [-0.05, 0) is 12.1 Å². The van der Waals surface area contributed by atoms with Gasteiger partial charge in [0.05, 0.1) is 18.4 Å². The molecule has 2 aromatic carbocycles. The van der Waals surface area contributed by atoms with E-state index < -0.39 is 0 Å². The van der Waals surface area contributed by atoms with Crippen LogP contribution in [-0.2, 0) is 7.05 Å². The first-order valence-electron chi connectivity index (χ1n) is 7.23. The Morgan fingerprint density at radius 2 is 1.78 bits per heavy atom. The lowest BCUT2D eigenvalue weighted by atomic mass is 10.1. The lowest BCUT2D eigenvalue weighted by Crippen LogP contribution is -2.15. The number of methoxy groups -OCH3 is 1. The molecule has 0 aliphatic carbocycles. The van der Waals surface area contributed by atoms with Crippen LogP contribution >= 0.6 is 0 Å². The van der Waals surface area contributed by atoms with Crippen molar-refractivity contribution in [1.29, 1.82) is 0 Å². The Kier molecular flexibility index (Phi) is 4.10. The Morgan fingerprint density at radius 3 is 2.52 bits per heavy atom. The predicted molar refractivity (Wildman–Crippen MR) is 89.6 cm³/mol. The molecular formula is C18H17N3O2. The molecule has 5 nitrogen and oxygen atoms in total. The van der Waals surface area contributed by atoms with Gasteiger partial charge in [-0.25, -0.2) is 0 Å². The van der Waals surface area contributed by atoms with Crippen molar-refractivity contribution in [3.05, 3.63) is 66.2 Å². The minimum absolute atomic E-state index is 0.231. The molecule has 0 radical (unpaired) electrons. The summed E-state index contributed by atoms with van der Waals surface area (Å²) < 4.78 is 6.87. The molecule has 1 N–H and O–H groups in total. The number of benzene rings is 2. The maximum atomic E-state index is 12.5. The van der Waals surface area contributed by atoms with Gasteiger partial charge >= 0.3 is 0 Å². The van der Waals surface area contributed by atoms with Crippen molar-refractivity contribution in [2.24, 2.45) is 7.05 Å². The van der Waals surface area contributed by atoms with Crippen LogP contribution in [0.5, 0.6) is 5.75 Å². The van der Waals surface area contributed by atoms with Crippen molar-refractivity contribution in [1.82, 2.24) is 9.78 Å². The highest BCUT2D eigenvalue weighted by Gasteiger charge is 2.14. The molecule has 0 atom stereocenters. The van der Waals surface area contributed by atoms with Crippen molar-refractivity contribution in [3.63, 3.8) is 0 Å². The summed E-state index contributed by atoms with van der Waals surface area (Å²) in [4.78, 5) is 12.5. The lowest BCUT2D eigenvalue weighted by molar-refractivity contribution is 0.102. The van der Waals surface area contributed by atoms with Crippen LogP contribution < -0.4 is 10.1 Å². The van der Waals surface area contributed by atoms with Crippen molar-refractivity contribution >= 4 is 11.7 Å². The highest BCUT2D eigenvalue weighted by molar-refractivity contribution is 6.06. The van der Waals surface area contributed by atoms with Crippen LogP contribution in [0.25, 0.3) is 11.3 Å². The molecule has 0 aliphatic heterocycles. The fraction of sp³-hybridized carbons (Fsp3) is 0.111. The Balaban J connectivity index is 1.86. The van der Waals surface area contributed by atoms with Gasteiger partial charge in [0.2, 0.25) is 0 Å². The fourth-order valence-electron chi connectivity index (χ4n) is 2.35. The molecule has 0 fully saturated rings. The number of hydrogen-bond acceptors (Lipinski definition) is 3. The zero-order chi connectivity index (χ0) is 16.2. The van der Waals surface area contributed by atoms with Crippen molar-refractivity contribution in [2.45, 2.75) is 0 Å². The molecule has 0 spiro atoms. The van der Waals surface area contributed by atoms with Gasteiger partial charge in [0.25, 0.3) is 5.91 Å². The van der Waals surface area contributed by atoms with E-state index in [0.29, 0.717) is 17.1 Å². The molecule has 1 heterocycles. The summed E-state index contributed by atoms with van der Waals surface area (Å²) in [6.45, 7) is 0. The van der Waals surface area contributed by atoms with Crippen LogP contribution in [0.3, 0.4) is 0 Å². The fourth-order valence-corrected chi connectivity index (χ4v) is 2.35. The maximum Gasteiger partial charge on any atom is 0.260 e. The van der Waals surface area contributed by atoms with Gasteiger partial charge < -0.3 is 10.1 Å². The largest absolute Gasteiger partial charge is 0.496 e. The highest BCUT2D eigenvalue weighted by Crippen LogP contribution is 2.23. The second-order valence-corrected chi connectivity index (χ2v) is 5.06. The molecule has 23 heavy (non-hydrogen) atoms. The van der Waals surface area contributed by atoms with Gasteiger partial charge in [-0.1, -0.05) is 42.5 Å². The topological polar surface area (TPSA) is 56.1 Å². The van der Waals surface area contributed by atoms with E-state index in [4.69, 9.17) is 4.74 Å². The number of nitrogens with zero attached hydrogens (tertiary/aromatic N) is 2. The zero-order valence-corrected chi connectivity index (χ0v) is 13.0. The van der Waals surface area contributed by atoms with Crippen LogP contribution in [0.15, 0.2) is 60.7 Å². The van der Waals surface area contributed by atoms with Gasteiger partial charge in [0.15, 0.2) is 0 Å². The summed E-state index contributed by atoms with van der Waals surface area (Å²) in [6.07, 6.45) is 0. The molecule has 3 aromatic rings. The van der Waals surface area contributed by atoms with E-state index >= 15 is 0 Å². The third-order valence-corrected chi connectivity index (χ3v) is 3.54. The minimum Gasteiger partial charge on any atom is -0.496 e. The molecule has 0 saturated carbocycles. The Labute approximate surface area is 134 Å². The molecule has 3 rings (SSSR count). The number of aromatic nitrogens is 2. The lowest BCUT2D eigenvalue weighted by Gasteiger charge is -2.08. The zero-order valence-electron chi connectivity index (χ0n) is 13.0. The van der Waals surface area contributed by atoms with Gasteiger partial charge in [-0.2, -0.15) is 5.10 Å². The number of nitrogens with one attached hydrogen (secondary N) is 1. The van der Waals surface area contributed by atoms with E-state index in [1.807, 2.05) is 42.5 Å². The number of carbonyl (C=O) groups is 1. The quantitative estimate of drug-likeness (QED) is 0.804. The average Bonchev–Trinajstić information content (AvgIpc) is 2.96. The number of carbonyl (C=O) groups excluding carboxylic acids is 1. The Morgan fingerprint density at radius 1 is 1.09 bits per heavy atom. The highest BCUT2D eigenvalue weighted by atomic mass is 16.5. The number of hydrogen-bond donors (Lipinski definition) is 1.